The summed E-state index contributed by atoms with van der Waals surface area (Å²) >= 11 is 0. The molecule has 0 N–H and O–H groups in total. The molecule has 0 unspecified atom stereocenters. The van der Waals surface area contributed by atoms with Crippen LogP contribution in [0, 0.1) is 0 Å². The van der Waals surface area contributed by atoms with Crippen LogP contribution in [-0.2, 0) is 0 Å². The zero-order valence-corrected chi connectivity index (χ0v) is 30.5. The maximum Gasteiger partial charge on any atom is 0.164 e. The summed E-state index contributed by atoms with van der Waals surface area (Å²) < 4.78 is 11.4. The molecule has 57 heavy (non-hydrogen) atoms. The van der Waals surface area contributed by atoms with E-state index in [2.05, 4.69) is 124 Å². The Bertz CT molecular complexity index is 3470. The minimum Gasteiger partial charge on any atom is -0.454 e. The monoisotopic (exact) mass is 729 g/mol. The van der Waals surface area contributed by atoms with Crippen LogP contribution in [0.15, 0.2) is 192 Å². The Morgan fingerprint density at radius 3 is 1.53 bits per heavy atom. The van der Waals surface area contributed by atoms with Crippen LogP contribution in [0.2, 0.25) is 0 Å². The fourth-order valence-electron chi connectivity index (χ4n) is 8.60. The summed E-state index contributed by atoms with van der Waals surface area (Å²) in [6.07, 6.45) is 0. The van der Waals surface area contributed by atoms with Crippen molar-refractivity contribution >= 4 is 65.6 Å². The van der Waals surface area contributed by atoms with Crippen LogP contribution in [0.3, 0.4) is 0 Å². The van der Waals surface area contributed by atoms with E-state index >= 15 is 0 Å². The highest BCUT2D eigenvalue weighted by molar-refractivity contribution is 6.20. The highest BCUT2D eigenvalue weighted by Crippen LogP contribution is 2.42. The lowest BCUT2D eigenvalue weighted by atomic mass is 10.1. The number of fused-ring (bicyclic) bond motifs is 9. The maximum absolute atomic E-state index is 6.62. The average molecular weight is 730 g/mol. The summed E-state index contributed by atoms with van der Waals surface area (Å²) in [5.74, 6) is 1.89. The maximum atomic E-state index is 6.62. The number of aromatic nitrogens is 5. The number of hydrogen-bond donors (Lipinski definition) is 0. The third-order valence-electron chi connectivity index (χ3n) is 11.2. The lowest BCUT2D eigenvalue weighted by Gasteiger charge is -2.12. The van der Waals surface area contributed by atoms with E-state index in [1.165, 1.54) is 21.5 Å². The van der Waals surface area contributed by atoms with Crippen LogP contribution >= 0.6 is 0 Å². The average Bonchev–Trinajstić information content (AvgIpc) is 3.93. The first kappa shape index (κ1) is 31.5. The van der Waals surface area contributed by atoms with Crippen molar-refractivity contribution in [3.63, 3.8) is 0 Å². The van der Waals surface area contributed by atoms with Gasteiger partial charge in [0.1, 0.15) is 5.58 Å². The van der Waals surface area contributed by atoms with E-state index in [1.807, 2.05) is 72.8 Å². The fourth-order valence-corrected chi connectivity index (χ4v) is 8.60. The van der Waals surface area contributed by atoms with E-state index in [1.54, 1.807) is 0 Å². The van der Waals surface area contributed by atoms with Gasteiger partial charge in [0.05, 0.1) is 27.8 Å². The largest absolute Gasteiger partial charge is 0.454 e. The number of nitrogens with zero attached hydrogens (tertiary/aromatic N) is 5. The number of benzene rings is 8. The van der Waals surface area contributed by atoms with Gasteiger partial charge in [-0.2, -0.15) is 0 Å². The highest BCUT2D eigenvalue weighted by Gasteiger charge is 2.21. The molecule has 0 bridgehead atoms. The Hall–Kier alpha value is -7.83. The molecule has 12 rings (SSSR count). The molecule has 0 aliphatic heterocycles. The summed E-state index contributed by atoms with van der Waals surface area (Å²) in [7, 11) is 0. The zero-order chi connectivity index (χ0) is 37.5. The molecular formula is C51H31N5O. The number of hydrogen-bond acceptors (Lipinski definition) is 4. The minimum atomic E-state index is 0.617. The molecule has 8 aromatic carbocycles. The van der Waals surface area contributed by atoms with E-state index in [4.69, 9.17) is 19.4 Å². The van der Waals surface area contributed by atoms with E-state index in [0.29, 0.717) is 17.5 Å². The van der Waals surface area contributed by atoms with Crippen LogP contribution in [0.4, 0.5) is 0 Å². The molecule has 0 saturated carbocycles. The number of furan rings is 1. The topological polar surface area (TPSA) is 61.7 Å². The predicted molar refractivity (Wildman–Crippen MR) is 232 cm³/mol. The van der Waals surface area contributed by atoms with Crippen LogP contribution in [0.25, 0.3) is 111 Å². The third kappa shape index (κ3) is 4.87. The summed E-state index contributed by atoms with van der Waals surface area (Å²) in [5, 5.41) is 6.97. The fraction of sp³-hybridized carbons (Fsp3) is 0. The predicted octanol–water partition coefficient (Wildman–Crippen LogP) is 13.0. The molecule has 0 saturated heterocycles. The van der Waals surface area contributed by atoms with Crippen LogP contribution in [-0.4, -0.2) is 24.1 Å². The second-order valence-electron chi connectivity index (χ2n) is 14.4. The normalized spacial score (nSPS) is 11.9. The van der Waals surface area contributed by atoms with Gasteiger partial charge in [0.2, 0.25) is 0 Å². The van der Waals surface area contributed by atoms with Crippen molar-refractivity contribution in [1.82, 2.24) is 24.1 Å². The van der Waals surface area contributed by atoms with Gasteiger partial charge in [0.25, 0.3) is 0 Å². The highest BCUT2D eigenvalue weighted by atomic mass is 16.3. The van der Waals surface area contributed by atoms with Crippen molar-refractivity contribution in [3.05, 3.63) is 188 Å². The van der Waals surface area contributed by atoms with Crippen molar-refractivity contribution in [3.8, 4) is 45.5 Å². The van der Waals surface area contributed by atoms with E-state index in [0.717, 1.165) is 72.1 Å². The summed E-state index contributed by atoms with van der Waals surface area (Å²) in [4.78, 5) is 15.0. The molecule has 6 heteroatoms. The van der Waals surface area contributed by atoms with Gasteiger partial charge in [0, 0.05) is 54.7 Å². The van der Waals surface area contributed by atoms with Gasteiger partial charge in [0.15, 0.2) is 23.1 Å². The SMILES string of the molecule is c1ccc(-c2nc(-c3ccccc3)nc(-c3cccc(-n4c5ccccc5c5cc6c7ccccc7n(-c7cccc8c7oc7ccccc78)c6cc54)c3)n2)cc1. The Kier molecular flexibility index (Phi) is 6.83. The van der Waals surface area contributed by atoms with Gasteiger partial charge < -0.3 is 13.6 Å². The molecule has 4 aromatic heterocycles. The molecule has 12 aromatic rings. The lowest BCUT2D eigenvalue weighted by Crippen LogP contribution is -2.01. The van der Waals surface area contributed by atoms with Gasteiger partial charge in [-0.05, 0) is 48.5 Å². The quantitative estimate of drug-likeness (QED) is 0.177. The first-order valence-electron chi connectivity index (χ1n) is 19.1. The zero-order valence-electron chi connectivity index (χ0n) is 30.5. The molecule has 0 fully saturated rings. The van der Waals surface area contributed by atoms with Crippen molar-refractivity contribution in [2.45, 2.75) is 0 Å². The smallest absolute Gasteiger partial charge is 0.164 e. The van der Waals surface area contributed by atoms with Gasteiger partial charge in [-0.25, -0.2) is 15.0 Å². The molecule has 0 amide bonds. The molecule has 0 spiro atoms. The second kappa shape index (κ2) is 12.3. The lowest BCUT2D eigenvalue weighted by molar-refractivity contribution is 0.666. The Morgan fingerprint density at radius 2 is 0.842 bits per heavy atom. The van der Waals surface area contributed by atoms with Gasteiger partial charge in [-0.1, -0.05) is 140 Å². The Morgan fingerprint density at radius 1 is 0.333 bits per heavy atom. The molecule has 0 atom stereocenters. The van der Waals surface area contributed by atoms with Crippen LogP contribution in [0.1, 0.15) is 0 Å². The first-order chi connectivity index (χ1) is 28.3. The Balaban J connectivity index is 1.11. The van der Waals surface area contributed by atoms with Crippen molar-refractivity contribution in [2.24, 2.45) is 0 Å². The molecule has 6 nitrogen and oxygen atoms in total. The molecule has 0 radical (unpaired) electrons. The molecule has 0 aliphatic carbocycles. The van der Waals surface area contributed by atoms with Crippen molar-refractivity contribution in [1.29, 1.82) is 0 Å². The molecule has 266 valence electrons. The van der Waals surface area contributed by atoms with E-state index in [-0.39, 0.29) is 0 Å². The van der Waals surface area contributed by atoms with Crippen molar-refractivity contribution < 1.29 is 4.42 Å². The van der Waals surface area contributed by atoms with Crippen LogP contribution < -0.4 is 0 Å². The Labute approximate surface area is 326 Å². The third-order valence-corrected chi connectivity index (χ3v) is 11.2. The van der Waals surface area contributed by atoms with Gasteiger partial charge in [-0.15, -0.1) is 0 Å². The first-order valence-corrected chi connectivity index (χ1v) is 19.1. The molecular weight excluding hydrogens is 699 g/mol. The van der Waals surface area contributed by atoms with E-state index < -0.39 is 0 Å². The summed E-state index contributed by atoms with van der Waals surface area (Å²) in [6, 6.07) is 65.5. The van der Waals surface area contributed by atoms with Gasteiger partial charge in [-0.3, -0.25) is 0 Å². The summed E-state index contributed by atoms with van der Waals surface area (Å²) in [5.41, 5.74) is 11.0. The minimum absolute atomic E-state index is 0.617. The van der Waals surface area contributed by atoms with Gasteiger partial charge >= 0.3 is 0 Å². The molecule has 0 aliphatic rings. The second-order valence-corrected chi connectivity index (χ2v) is 14.4. The van der Waals surface area contributed by atoms with Crippen molar-refractivity contribution in [2.75, 3.05) is 0 Å². The summed E-state index contributed by atoms with van der Waals surface area (Å²) in [6.45, 7) is 0. The molecule has 4 heterocycles. The standard InChI is InChI=1S/C51H31N5O/c1-3-15-32(16-4-1)49-52-50(33-17-5-2-6-18-33)54-51(53-49)34-19-13-20-35(29-34)55-42-25-10-7-21-36(42)40-30-41-37-22-8-11-26-43(37)56(46(41)31-45(40)55)44-27-14-24-39-38-23-9-12-28-47(38)57-48(39)44/h1-31H. The number of rotatable bonds is 5. The number of para-hydroxylation sites is 4. The van der Waals surface area contributed by atoms with Crippen LogP contribution in [0.5, 0.6) is 0 Å². The van der Waals surface area contributed by atoms with E-state index in [9.17, 15) is 0 Å².